The Balaban J connectivity index is 2.40. The van der Waals surface area contributed by atoms with E-state index >= 15 is 0 Å². The maximum Gasteiger partial charge on any atom is 0.185 e. The fourth-order valence-electron chi connectivity index (χ4n) is 1.07. The smallest absolute Gasteiger partial charge is 0.185 e. The number of carbonyl (C=O) groups excluding carboxylic acids is 1. The van der Waals surface area contributed by atoms with E-state index in [1.807, 2.05) is 6.20 Å². The largest absolute Gasteiger partial charge is 0.360 e. The molecule has 92 valence electrons. The fraction of sp³-hybridized carbons (Fsp3) is 0.600. The first kappa shape index (κ1) is 14.0. The number of nitrogens with zero attached hydrogens (tertiary/aromatic N) is 2. The highest BCUT2D eigenvalue weighted by Gasteiger charge is 2.06. The van der Waals surface area contributed by atoms with Crippen LogP contribution in [0.5, 0.6) is 0 Å². The average molecular weight is 356 g/mol. The molecule has 16 heavy (non-hydrogen) atoms. The second-order valence-electron chi connectivity index (χ2n) is 4.34. The summed E-state index contributed by atoms with van der Waals surface area (Å²) in [5, 5.41) is 0. The van der Waals surface area contributed by atoms with Gasteiger partial charge in [-0.25, -0.2) is 15.0 Å². The zero-order valence-electron chi connectivity index (χ0n) is 9.77. The molecule has 0 atom stereocenters. The molecule has 0 saturated carbocycles. The summed E-state index contributed by atoms with van der Waals surface area (Å²) in [5.74, 6) is 1.50. The normalized spacial score (nSPS) is 12.8. The summed E-state index contributed by atoms with van der Waals surface area (Å²) >= 11 is 2.08. The van der Waals surface area contributed by atoms with Crippen molar-refractivity contribution in [2.45, 2.75) is 6.73 Å². The third-order valence-corrected chi connectivity index (χ3v) is 3.86. The Kier molecular flexibility index (Phi) is 5.26. The first-order chi connectivity index (χ1) is 7.42. The van der Waals surface area contributed by atoms with Crippen LogP contribution in [0, 0.1) is 3.70 Å². The van der Waals surface area contributed by atoms with Crippen molar-refractivity contribution in [3.8, 4) is 0 Å². The van der Waals surface area contributed by atoms with Crippen molar-refractivity contribution in [1.29, 1.82) is 0 Å². The monoisotopic (exact) mass is 356 g/mol. The summed E-state index contributed by atoms with van der Waals surface area (Å²) in [5.41, 5.74) is 0. The van der Waals surface area contributed by atoms with Gasteiger partial charge >= 0.3 is 0 Å². The lowest BCUT2D eigenvalue weighted by Gasteiger charge is -2.24. The van der Waals surface area contributed by atoms with Gasteiger partial charge in [0.1, 0.15) is 10.4 Å². The maximum absolute atomic E-state index is 10.7. The summed E-state index contributed by atoms with van der Waals surface area (Å²) in [6, 6.07) is 0. The van der Waals surface area contributed by atoms with E-state index in [9.17, 15) is 4.79 Å². The molecule has 0 aliphatic heterocycles. The Morgan fingerprint density at radius 2 is 2.25 bits per heavy atom. The number of hydrogen-bond donors (Lipinski definition) is 0. The number of aldehydes is 1. The molecule has 0 bridgehead atoms. The molecule has 0 aliphatic rings. The van der Waals surface area contributed by atoms with Gasteiger partial charge in [-0.15, -0.1) is 0 Å². The number of imidazole rings is 1. The second-order valence-corrected chi connectivity index (χ2v) is 10.0. The van der Waals surface area contributed by atoms with E-state index in [0.29, 0.717) is 12.6 Å². The average Bonchev–Trinajstić information content (AvgIpc) is 2.52. The van der Waals surface area contributed by atoms with Gasteiger partial charge in [-0.1, -0.05) is 0 Å². The number of hydrogen-bond acceptors (Lipinski definition) is 3. The zero-order valence-corrected chi connectivity index (χ0v) is 12.7. The molecule has 0 unspecified atom stereocenters. The first-order valence-corrected chi connectivity index (χ1v) is 8.94. The minimum atomic E-state index is -0.510. The van der Waals surface area contributed by atoms with Crippen molar-refractivity contribution < 1.29 is 9.53 Å². The lowest BCUT2D eigenvalue weighted by molar-refractivity contribution is 0.0852. The van der Waals surface area contributed by atoms with Crippen LogP contribution in [0.2, 0.25) is 0 Å². The molecular weight excluding hydrogens is 339 g/mol. The molecule has 0 fully saturated rings. The van der Waals surface area contributed by atoms with E-state index in [1.165, 1.54) is 0 Å². The molecule has 0 spiro atoms. The Morgan fingerprint density at radius 1 is 1.56 bits per heavy atom. The summed E-state index contributed by atoms with van der Waals surface area (Å²) in [6.07, 6.45) is 9.34. The number of halogens is 1. The lowest BCUT2D eigenvalue weighted by atomic mass is 10.7. The van der Waals surface area contributed by atoms with Gasteiger partial charge in [0.2, 0.25) is 0 Å². The molecule has 1 heterocycles. The highest BCUT2D eigenvalue weighted by Crippen LogP contribution is 2.33. The molecule has 1 aromatic heterocycles. The van der Waals surface area contributed by atoms with Crippen molar-refractivity contribution in [1.82, 2.24) is 9.55 Å². The third kappa shape index (κ3) is 4.84. The summed E-state index contributed by atoms with van der Waals surface area (Å²) < 4.78 is 8.07. The molecule has 0 aliphatic carbocycles. The Hall–Kier alpha value is -0.0800. The van der Waals surface area contributed by atoms with E-state index in [4.69, 9.17) is 4.74 Å². The second kappa shape index (κ2) is 6.02. The van der Waals surface area contributed by atoms with Crippen molar-refractivity contribution in [2.24, 2.45) is 0 Å². The standard InChI is InChI=1S/C10H17IN2O2S/c1-16(2,3)5-4-15-8-13-6-9(11)12-10(13)7-14/h6-7H,4-5,8H2,1-3H3. The number of carbonyl (C=O) groups is 1. The number of ether oxygens (including phenoxy) is 1. The van der Waals surface area contributed by atoms with Gasteiger partial charge in [0.15, 0.2) is 12.1 Å². The predicted molar refractivity (Wildman–Crippen MR) is 76.5 cm³/mol. The maximum atomic E-state index is 10.7. The first-order valence-electron chi connectivity index (χ1n) is 4.84. The SMILES string of the molecule is CS(C)(C)CCOCn1cc(I)nc1C=O. The van der Waals surface area contributed by atoms with E-state index in [1.54, 1.807) is 4.57 Å². The van der Waals surface area contributed by atoms with Crippen LogP contribution in [0.1, 0.15) is 10.6 Å². The quantitative estimate of drug-likeness (QED) is 0.445. The molecule has 4 nitrogen and oxygen atoms in total. The Morgan fingerprint density at radius 3 is 2.81 bits per heavy atom. The lowest BCUT2D eigenvalue weighted by Crippen LogP contribution is -2.11. The molecule has 0 N–H and O–H groups in total. The van der Waals surface area contributed by atoms with Crippen LogP contribution < -0.4 is 0 Å². The van der Waals surface area contributed by atoms with Crippen LogP contribution >= 0.6 is 32.6 Å². The van der Waals surface area contributed by atoms with Gasteiger partial charge in [0.25, 0.3) is 0 Å². The van der Waals surface area contributed by atoms with Crippen LogP contribution in [0.3, 0.4) is 0 Å². The van der Waals surface area contributed by atoms with Gasteiger partial charge in [-0.2, -0.15) is 0 Å². The molecule has 0 radical (unpaired) electrons. The Bertz CT molecular complexity index is 360. The van der Waals surface area contributed by atoms with Crippen LogP contribution in [0.4, 0.5) is 0 Å². The number of aromatic nitrogens is 2. The molecule has 0 saturated heterocycles. The van der Waals surface area contributed by atoms with Gasteiger partial charge in [0, 0.05) is 11.9 Å². The van der Waals surface area contributed by atoms with Crippen molar-refractivity contribution in [3.05, 3.63) is 15.7 Å². The molecule has 6 heteroatoms. The Labute approximate surface area is 111 Å². The van der Waals surface area contributed by atoms with Crippen LogP contribution in [-0.4, -0.2) is 47.0 Å². The van der Waals surface area contributed by atoms with Crippen LogP contribution in [-0.2, 0) is 11.5 Å². The zero-order chi connectivity index (χ0) is 12.2. The summed E-state index contributed by atoms with van der Waals surface area (Å²) in [6.45, 7) is 1.13. The fourth-order valence-corrected chi connectivity index (χ4v) is 2.27. The minimum Gasteiger partial charge on any atom is -0.360 e. The van der Waals surface area contributed by atoms with Gasteiger partial charge in [-0.3, -0.25) is 4.79 Å². The van der Waals surface area contributed by atoms with Crippen LogP contribution in [0.25, 0.3) is 0 Å². The summed E-state index contributed by atoms with van der Waals surface area (Å²) in [7, 11) is -0.510. The highest BCUT2D eigenvalue weighted by molar-refractivity contribution is 14.1. The van der Waals surface area contributed by atoms with Crippen molar-refractivity contribution in [2.75, 3.05) is 31.1 Å². The molecular formula is C10H17IN2O2S. The van der Waals surface area contributed by atoms with Crippen molar-refractivity contribution in [3.63, 3.8) is 0 Å². The van der Waals surface area contributed by atoms with Crippen molar-refractivity contribution >= 4 is 38.9 Å². The topological polar surface area (TPSA) is 44.1 Å². The van der Waals surface area contributed by atoms with Gasteiger partial charge < -0.3 is 9.30 Å². The predicted octanol–water partition coefficient (Wildman–Crippen LogP) is 1.97. The van der Waals surface area contributed by atoms with E-state index in [2.05, 4.69) is 46.3 Å². The number of rotatable bonds is 6. The van der Waals surface area contributed by atoms with E-state index in [-0.39, 0.29) is 0 Å². The minimum absolute atomic E-state index is 0.402. The van der Waals surface area contributed by atoms with E-state index < -0.39 is 10.0 Å². The molecule has 1 rings (SSSR count). The highest BCUT2D eigenvalue weighted by atomic mass is 127. The van der Waals surface area contributed by atoms with Crippen LogP contribution in [0.15, 0.2) is 6.20 Å². The van der Waals surface area contributed by atoms with Gasteiger partial charge in [0.05, 0.1) is 6.61 Å². The van der Waals surface area contributed by atoms with Gasteiger partial charge in [-0.05, 0) is 41.4 Å². The molecule has 0 amide bonds. The molecule has 0 aromatic carbocycles. The van der Waals surface area contributed by atoms with E-state index in [0.717, 1.165) is 22.3 Å². The third-order valence-electron chi connectivity index (χ3n) is 1.95. The summed E-state index contributed by atoms with van der Waals surface area (Å²) in [4.78, 5) is 14.8. The molecule has 1 aromatic rings.